The third-order valence-corrected chi connectivity index (χ3v) is 3.15. The summed E-state index contributed by atoms with van der Waals surface area (Å²) in [6, 6.07) is 3.37. The van der Waals surface area contributed by atoms with Crippen LogP contribution >= 0.6 is 11.6 Å². The average Bonchev–Trinajstić information content (AvgIpc) is 2.26. The molecule has 5 heteroatoms. The number of nitrogens with zero attached hydrogens (tertiary/aromatic N) is 2. The molecule has 0 aliphatic carbocycles. The molecule has 1 fully saturated rings. The molecule has 1 aromatic rings. The van der Waals surface area contributed by atoms with Gasteiger partial charge in [0.25, 0.3) is 5.91 Å². The number of halogens is 1. The molecule has 92 valence electrons. The first-order chi connectivity index (χ1) is 8.13. The van der Waals surface area contributed by atoms with E-state index in [1.807, 2.05) is 6.92 Å². The number of pyridine rings is 1. The van der Waals surface area contributed by atoms with Crippen molar-refractivity contribution in [2.75, 3.05) is 19.7 Å². The van der Waals surface area contributed by atoms with Crippen LogP contribution in [0.4, 0.5) is 0 Å². The van der Waals surface area contributed by atoms with Crippen molar-refractivity contribution in [1.29, 1.82) is 0 Å². The quantitative estimate of drug-likeness (QED) is 0.829. The summed E-state index contributed by atoms with van der Waals surface area (Å²) in [5.74, 6) is 0.190. The van der Waals surface area contributed by atoms with E-state index in [0.29, 0.717) is 23.8 Å². The Hall–Kier alpha value is -1.13. The van der Waals surface area contributed by atoms with Crippen molar-refractivity contribution in [3.05, 3.63) is 28.5 Å². The fraction of sp³-hybridized carbons (Fsp3) is 0.500. The lowest BCUT2D eigenvalue weighted by Crippen LogP contribution is -2.51. The van der Waals surface area contributed by atoms with Crippen LogP contribution in [-0.4, -0.2) is 40.6 Å². The monoisotopic (exact) mass is 254 g/mol. The molecule has 1 aromatic heterocycles. The van der Waals surface area contributed by atoms with Crippen molar-refractivity contribution in [2.24, 2.45) is 5.92 Å². The van der Waals surface area contributed by atoms with Crippen LogP contribution in [0.25, 0.3) is 0 Å². The number of aliphatic hydroxyl groups excluding tert-OH is 1. The van der Waals surface area contributed by atoms with Crippen LogP contribution < -0.4 is 0 Å². The van der Waals surface area contributed by atoms with Gasteiger partial charge in [-0.25, -0.2) is 4.98 Å². The fourth-order valence-electron chi connectivity index (χ4n) is 1.89. The van der Waals surface area contributed by atoms with Gasteiger partial charge in [0.2, 0.25) is 0 Å². The van der Waals surface area contributed by atoms with Crippen LogP contribution in [0.3, 0.4) is 0 Å². The third-order valence-electron chi connectivity index (χ3n) is 2.96. The van der Waals surface area contributed by atoms with E-state index in [-0.39, 0.29) is 18.4 Å². The van der Waals surface area contributed by atoms with E-state index in [4.69, 9.17) is 16.7 Å². The van der Waals surface area contributed by atoms with Gasteiger partial charge in [0.1, 0.15) is 5.15 Å². The summed E-state index contributed by atoms with van der Waals surface area (Å²) in [5, 5.41) is 9.27. The molecule has 1 aliphatic rings. The average molecular weight is 255 g/mol. The maximum Gasteiger partial charge on any atom is 0.254 e. The predicted molar refractivity (Wildman–Crippen MR) is 65.1 cm³/mol. The van der Waals surface area contributed by atoms with Crippen molar-refractivity contribution in [3.63, 3.8) is 0 Å². The van der Waals surface area contributed by atoms with Gasteiger partial charge in [-0.2, -0.15) is 0 Å². The van der Waals surface area contributed by atoms with Crippen LogP contribution in [0.2, 0.25) is 5.15 Å². The fourth-order valence-corrected chi connectivity index (χ4v) is 2.12. The minimum Gasteiger partial charge on any atom is -0.396 e. The van der Waals surface area contributed by atoms with E-state index < -0.39 is 0 Å². The molecule has 1 amide bonds. The highest BCUT2D eigenvalue weighted by molar-refractivity contribution is 6.29. The van der Waals surface area contributed by atoms with Crippen molar-refractivity contribution < 1.29 is 9.90 Å². The van der Waals surface area contributed by atoms with Crippen LogP contribution in [0.1, 0.15) is 23.0 Å². The highest BCUT2D eigenvalue weighted by atomic mass is 35.5. The first-order valence-electron chi connectivity index (χ1n) is 5.70. The third kappa shape index (κ3) is 2.58. The number of likely N-dealkylation sites (tertiary alicyclic amines) is 1. The van der Waals surface area contributed by atoms with E-state index >= 15 is 0 Å². The maximum atomic E-state index is 12.1. The second-order valence-corrected chi connectivity index (χ2v) is 4.67. The molecular formula is C12H15ClN2O2. The SMILES string of the molecule is CCc1cc(C(=O)N2CC(CO)C2)cc(Cl)n1. The molecule has 0 aromatic carbocycles. The molecule has 1 saturated heterocycles. The van der Waals surface area contributed by atoms with Gasteiger partial charge in [0.15, 0.2) is 0 Å². The Labute approximate surface area is 105 Å². The second kappa shape index (κ2) is 5.02. The number of aryl methyl sites for hydroxylation is 1. The van der Waals surface area contributed by atoms with E-state index in [9.17, 15) is 4.79 Å². The summed E-state index contributed by atoms with van der Waals surface area (Å²) in [5.41, 5.74) is 1.40. The number of aromatic nitrogens is 1. The van der Waals surface area contributed by atoms with Gasteiger partial charge in [-0.15, -0.1) is 0 Å². The topological polar surface area (TPSA) is 53.4 Å². The van der Waals surface area contributed by atoms with Gasteiger partial charge in [0, 0.05) is 36.9 Å². The summed E-state index contributed by atoms with van der Waals surface area (Å²) < 4.78 is 0. The van der Waals surface area contributed by atoms with Crippen molar-refractivity contribution >= 4 is 17.5 Å². The number of aliphatic hydroxyl groups is 1. The molecule has 17 heavy (non-hydrogen) atoms. The largest absolute Gasteiger partial charge is 0.396 e. The van der Waals surface area contributed by atoms with Gasteiger partial charge in [0.05, 0.1) is 0 Å². The number of carbonyl (C=O) groups excluding carboxylic acids is 1. The molecule has 0 radical (unpaired) electrons. The number of hydrogen-bond acceptors (Lipinski definition) is 3. The summed E-state index contributed by atoms with van der Waals surface area (Å²) in [4.78, 5) is 17.9. The Morgan fingerprint density at radius 2 is 2.29 bits per heavy atom. The van der Waals surface area contributed by atoms with Crippen LogP contribution in [-0.2, 0) is 6.42 Å². The molecule has 0 bridgehead atoms. The molecule has 0 unspecified atom stereocenters. The molecule has 2 rings (SSSR count). The lowest BCUT2D eigenvalue weighted by Gasteiger charge is -2.38. The Morgan fingerprint density at radius 1 is 1.59 bits per heavy atom. The smallest absolute Gasteiger partial charge is 0.254 e. The maximum absolute atomic E-state index is 12.1. The summed E-state index contributed by atoms with van der Waals surface area (Å²) in [7, 11) is 0. The molecule has 1 N–H and O–H groups in total. The zero-order valence-corrected chi connectivity index (χ0v) is 10.4. The van der Waals surface area contributed by atoms with E-state index in [2.05, 4.69) is 4.98 Å². The molecule has 0 atom stereocenters. The van der Waals surface area contributed by atoms with Crippen LogP contribution in [0.5, 0.6) is 0 Å². The lowest BCUT2D eigenvalue weighted by molar-refractivity contribution is 0.0362. The number of hydrogen-bond donors (Lipinski definition) is 1. The van der Waals surface area contributed by atoms with Crippen LogP contribution in [0.15, 0.2) is 12.1 Å². The van der Waals surface area contributed by atoms with Crippen LogP contribution in [0, 0.1) is 5.92 Å². The van der Waals surface area contributed by atoms with Crippen molar-refractivity contribution in [1.82, 2.24) is 9.88 Å². The van der Waals surface area contributed by atoms with E-state index in [1.54, 1.807) is 17.0 Å². The lowest BCUT2D eigenvalue weighted by atomic mass is 10.00. The summed E-state index contributed by atoms with van der Waals surface area (Å²) in [6.45, 7) is 3.35. The van der Waals surface area contributed by atoms with E-state index in [0.717, 1.165) is 12.1 Å². The predicted octanol–water partition coefficient (Wildman–Crippen LogP) is 1.36. The molecule has 0 spiro atoms. The molecule has 4 nitrogen and oxygen atoms in total. The Balaban J connectivity index is 2.12. The minimum absolute atomic E-state index is 0.0336. The van der Waals surface area contributed by atoms with Gasteiger partial charge in [-0.1, -0.05) is 18.5 Å². The highest BCUT2D eigenvalue weighted by Gasteiger charge is 2.30. The zero-order chi connectivity index (χ0) is 12.4. The Kier molecular flexibility index (Phi) is 3.64. The first kappa shape index (κ1) is 12.3. The Morgan fingerprint density at radius 3 is 2.88 bits per heavy atom. The van der Waals surface area contributed by atoms with Gasteiger partial charge >= 0.3 is 0 Å². The second-order valence-electron chi connectivity index (χ2n) is 4.28. The Bertz CT molecular complexity index is 431. The molecular weight excluding hydrogens is 240 g/mol. The standard InChI is InChI=1S/C12H15ClN2O2/c1-2-10-3-9(4-11(13)14-10)12(17)15-5-8(6-15)7-16/h3-4,8,16H,2,5-7H2,1H3. The van der Waals surface area contributed by atoms with Crippen molar-refractivity contribution in [2.45, 2.75) is 13.3 Å². The molecule has 1 aliphatic heterocycles. The molecule has 2 heterocycles. The zero-order valence-electron chi connectivity index (χ0n) is 9.69. The highest BCUT2D eigenvalue weighted by Crippen LogP contribution is 2.20. The van der Waals surface area contributed by atoms with Gasteiger partial charge in [-0.3, -0.25) is 4.79 Å². The normalized spacial score (nSPS) is 15.8. The number of amides is 1. The number of rotatable bonds is 3. The first-order valence-corrected chi connectivity index (χ1v) is 6.08. The summed E-state index contributed by atoms with van der Waals surface area (Å²) in [6.07, 6.45) is 0.750. The van der Waals surface area contributed by atoms with Crippen molar-refractivity contribution in [3.8, 4) is 0 Å². The summed E-state index contributed by atoms with van der Waals surface area (Å²) >= 11 is 5.87. The van der Waals surface area contributed by atoms with E-state index in [1.165, 1.54) is 0 Å². The van der Waals surface area contributed by atoms with Gasteiger partial charge < -0.3 is 10.0 Å². The molecule has 0 saturated carbocycles. The minimum atomic E-state index is -0.0336. The van der Waals surface area contributed by atoms with Gasteiger partial charge in [-0.05, 0) is 18.6 Å². The number of carbonyl (C=O) groups is 1.